The van der Waals surface area contributed by atoms with Crippen LogP contribution in [0.25, 0.3) is 16.9 Å². The fraction of sp³-hybridized carbons (Fsp3) is 0.0952. The first-order chi connectivity index (χ1) is 14.7. The SMILES string of the molecule is CNS(=O)(=O)c1ccc(Oc2ccc(C(F)(F)F)cc2)c(-c2cnc3ccccn23)c1. The summed E-state index contributed by atoms with van der Waals surface area (Å²) in [6.45, 7) is 0. The maximum Gasteiger partial charge on any atom is 0.416 e. The van der Waals surface area contributed by atoms with Gasteiger partial charge in [0.25, 0.3) is 0 Å². The van der Waals surface area contributed by atoms with Gasteiger partial charge in [-0.15, -0.1) is 0 Å². The molecule has 0 radical (unpaired) electrons. The fourth-order valence-electron chi connectivity index (χ4n) is 3.05. The summed E-state index contributed by atoms with van der Waals surface area (Å²) in [5.74, 6) is 0.438. The molecule has 2 aromatic heterocycles. The van der Waals surface area contributed by atoms with Crippen molar-refractivity contribution in [3.05, 3.63) is 78.6 Å². The maximum absolute atomic E-state index is 12.8. The minimum atomic E-state index is -4.45. The third-order valence-electron chi connectivity index (χ3n) is 4.63. The lowest BCUT2D eigenvalue weighted by molar-refractivity contribution is -0.137. The zero-order valence-electron chi connectivity index (χ0n) is 16.1. The van der Waals surface area contributed by atoms with Gasteiger partial charge in [-0.05, 0) is 61.6 Å². The molecule has 0 aliphatic heterocycles. The van der Waals surface area contributed by atoms with E-state index in [1.807, 2.05) is 6.07 Å². The molecule has 0 bridgehead atoms. The summed E-state index contributed by atoms with van der Waals surface area (Å²) in [7, 11) is -2.44. The average molecular weight is 447 g/mol. The number of nitrogens with zero attached hydrogens (tertiary/aromatic N) is 2. The molecule has 4 rings (SSSR count). The van der Waals surface area contributed by atoms with E-state index >= 15 is 0 Å². The molecule has 1 N–H and O–H groups in total. The van der Waals surface area contributed by atoms with Gasteiger partial charge in [-0.25, -0.2) is 18.1 Å². The van der Waals surface area contributed by atoms with Gasteiger partial charge < -0.3 is 4.74 Å². The number of hydrogen-bond acceptors (Lipinski definition) is 4. The van der Waals surface area contributed by atoms with Crippen LogP contribution in [-0.4, -0.2) is 24.9 Å². The standard InChI is InChI=1S/C21H16F3N3O3S/c1-25-31(28,29)16-9-10-19(30-15-7-5-14(6-8-15)21(22,23)24)17(12-16)18-13-26-20-4-2-3-11-27(18)20/h2-13,25H,1H3. The highest BCUT2D eigenvalue weighted by Gasteiger charge is 2.30. The molecule has 0 amide bonds. The van der Waals surface area contributed by atoms with E-state index < -0.39 is 21.8 Å². The molecule has 0 aliphatic carbocycles. The summed E-state index contributed by atoms with van der Waals surface area (Å²) < 4.78 is 72.9. The van der Waals surface area contributed by atoms with Gasteiger partial charge in [-0.3, -0.25) is 4.40 Å². The summed E-state index contributed by atoms with van der Waals surface area (Å²) in [6.07, 6.45) is -1.12. The van der Waals surface area contributed by atoms with E-state index in [-0.39, 0.29) is 16.4 Å². The highest BCUT2D eigenvalue weighted by molar-refractivity contribution is 7.89. The average Bonchev–Trinajstić information content (AvgIpc) is 3.18. The van der Waals surface area contributed by atoms with Crippen molar-refractivity contribution in [2.75, 3.05) is 7.05 Å². The number of hydrogen-bond donors (Lipinski definition) is 1. The van der Waals surface area contributed by atoms with E-state index in [2.05, 4.69) is 9.71 Å². The van der Waals surface area contributed by atoms with Gasteiger partial charge in [0.05, 0.1) is 22.3 Å². The summed E-state index contributed by atoms with van der Waals surface area (Å²) in [5.41, 5.74) is 0.817. The number of aromatic nitrogens is 2. The number of rotatable bonds is 5. The Morgan fingerprint density at radius 2 is 1.77 bits per heavy atom. The van der Waals surface area contributed by atoms with Crippen molar-refractivity contribution in [1.82, 2.24) is 14.1 Å². The Labute approximate surface area is 176 Å². The number of alkyl halides is 3. The van der Waals surface area contributed by atoms with Crippen LogP contribution in [0.3, 0.4) is 0 Å². The van der Waals surface area contributed by atoms with Crippen molar-refractivity contribution >= 4 is 15.7 Å². The number of imidazole rings is 1. The van der Waals surface area contributed by atoms with Crippen LogP contribution in [0.5, 0.6) is 11.5 Å². The Bertz CT molecular complexity index is 1350. The Kier molecular flexibility index (Phi) is 5.19. The minimum absolute atomic E-state index is 0.00986. The molecular formula is C21H16F3N3O3S. The molecule has 0 fully saturated rings. The second kappa shape index (κ2) is 7.71. The molecule has 10 heteroatoms. The van der Waals surface area contributed by atoms with Crippen LogP contribution >= 0.6 is 0 Å². The van der Waals surface area contributed by atoms with Crippen LogP contribution in [0.1, 0.15) is 5.56 Å². The third-order valence-corrected chi connectivity index (χ3v) is 6.04. The topological polar surface area (TPSA) is 72.7 Å². The molecular weight excluding hydrogens is 431 g/mol. The molecule has 4 aromatic rings. The zero-order valence-corrected chi connectivity index (χ0v) is 16.9. The van der Waals surface area contributed by atoms with Crippen molar-refractivity contribution in [2.24, 2.45) is 0 Å². The number of sulfonamides is 1. The monoisotopic (exact) mass is 447 g/mol. The Hall–Kier alpha value is -3.37. The van der Waals surface area contributed by atoms with Gasteiger partial charge in [-0.2, -0.15) is 13.2 Å². The number of pyridine rings is 1. The van der Waals surface area contributed by atoms with Crippen molar-refractivity contribution in [1.29, 1.82) is 0 Å². The van der Waals surface area contributed by atoms with Gasteiger partial charge >= 0.3 is 6.18 Å². The predicted octanol–water partition coefficient (Wildman–Crippen LogP) is 4.72. The van der Waals surface area contributed by atoms with Crippen molar-refractivity contribution in [3.63, 3.8) is 0 Å². The lowest BCUT2D eigenvalue weighted by Crippen LogP contribution is -2.18. The minimum Gasteiger partial charge on any atom is -0.457 e. The van der Waals surface area contributed by atoms with E-state index in [4.69, 9.17) is 4.74 Å². The van der Waals surface area contributed by atoms with E-state index in [1.165, 1.54) is 37.4 Å². The fourth-order valence-corrected chi connectivity index (χ4v) is 3.81. The second-order valence-electron chi connectivity index (χ2n) is 6.56. The number of fused-ring (bicyclic) bond motifs is 1. The summed E-state index contributed by atoms with van der Waals surface area (Å²) in [5, 5.41) is 0. The van der Waals surface area contributed by atoms with E-state index in [9.17, 15) is 21.6 Å². The Balaban J connectivity index is 1.82. The molecule has 2 aromatic carbocycles. The Morgan fingerprint density at radius 1 is 1.03 bits per heavy atom. The van der Waals surface area contributed by atoms with E-state index in [0.717, 1.165) is 12.1 Å². The highest BCUT2D eigenvalue weighted by atomic mass is 32.2. The molecule has 160 valence electrons. The van der Waals surface area contributed by atoms with Gasteiger partial charge in [0.2, 0.25) is 10.0 Å². The molecule has 0 atom stereocenters. The first-order valence-corrected chi connectivity index (χ1v) is 10.5. The molecule has 0 saturated heterocycles. The van der Waals surface area contributed by atoms with E-state index in [1.54, 1.807) is 28.9 Å². The van der Waals surface area contributed by atoms with Crippen LogP contribution < -0.4 is 9.46 Å². The van der Waals surface area contributed by atoms with Gasteiger partial charge in [0, 0.05) is 11.8 Å². The maximum atomic E-state index is 12.8. The molecule has 0 saturated carbocycles. The van der Waals surface area contributed by atoms with Crippen molar-refractivity contribution in [3.8, 4) is 22.8 Å². The first kappa shape index (κ1) is 20.9. The van der Waals surface area contributed by atoms with Crippen molar-refractivity contribution in [2.45, 2.75) is 11.1 Å². The van der Waals surface area contributed by atoms with Gasteiger partial charge in [0.1, 0.15) is 17.1 Å². The number of ether oxygens (including phenoxy) is 1. The molecule has 6 nitrogen and oxygen atoms in total. The predicted molar refractivity (Wildman–Crippen MR) is 108 cm³/mol. The quantitative estimate of drug-likeness (QED) is 0.481. The molecule has 0 spiro atoms. The largest absolute Gasteiger partial charge is 0.457 e. The van der Waals surface area contributed by atoms with Crippen LogP contribution in [0.4, 0.5) is 13.2 Å². The normalized spacial score (nSPS) is 12.3. The van der Waals surface area contributed by atoms with Crippen molar-refractivity contribution < 1.29 is 26.3 Å². The molecule has 2 heterocycles. The Morgan fingerprint density at radius 3 is 2.45 bits per heavy atom. The second-order valence-corrected chi connectivity index (χ2v) is 8.45. The van der Waals surface area contributed by atoms with Gasteiger partial charge in [0.15, 0.2) is 0 Å². The highest BCUT2D eigenvalue weighted by Crippen LogP contribution is 2.37. The number of benzene rings is 2. The van der Waals surface area contributed by atoms with Crippen LogP contribution in [0.15, 0.2) is 78.0 Å². The zero-order chi connectivity index (χ0) is 22.2. The molecule has 0 aliphatic rings. The summed E-state index contributed by atoms with van der Waals surface area (Å²) in [4.78, 5) is 4.32. The third kappa shape index (κ3) is 4.12. The first-order valence-electron chi connectivity index (χ1n) is 9.04. The molecule has 0 unspecified atom stereocenters. The summed E-state index contributed by atoms with van der Waals surface area (Å²) >= 11 is 0. The summed E-state index contributed by atoms with van der Waals surface area (Å²) in [6, 6.07) is 13.9. The van der Waals surface area contributed by atoms with E-state index in [0.29, 0.717) is 16.9 Å². The van der Waals surface area contributed by atoms with Crippen LogP contribution in [0, 0.1) is 0 Å². The lowest BCUT2D eigenvalue weighted by atomic mass is 10.1. The molecule has 31 heavy (non-hydrogen) atoms. The number of nitrogens with one attached hydrogen (secondary N) is 1. The van der Waals surface area contributed by atoms with Crippen LogP contribution in [0.2, 0.25) is 0 Å². The lowest BCUT2D eigenvalue weighted by Gasteiger charge is -2.14. The van der Waals surface area contributed by atoms with Gasteiger partial charge in [-0.1, -0.05) is 6.07 Å². The smallest absolute Gasteiger partial charge is 0.416 e. The van der Waals surface area contributed by atoms with Crippen LogP contribution in [-0.2, 0) is 16.2 Å². The number of halogens is 3.